The highest BCUT2D eigenvalue weighted by Crippen LogP contribution is 2.18. The standard InChI is InChI=1S/C20H26N6O3/c1-3-21-20(22-14-18-24-19(26-25-18)17-9-5-11-29-17)23-15-7-4-8-16(13-15)28-12-6-10-27-2/h4-5,7-9,11,13H,3,6,10,12,14H2,1-2H3,(H2,21,22,23)(H,24,25,26). The molecule has 2 aromatic heterocycles. The van der Waals surface area contributed by atoms with E-state index in [-0.39, 0.29) is 0 Å². The first kappa shape index (κ1) is 20.4. The Balaban J connectivity index is 1.61. The van der Waals surface area contributed by atoms with Gasteiger partial charge in [-0.3, -0.25) is 5.10 Å². The maximum absolute atomic E-state index is 5.75. The van der Waals surface area contributed by atoms with Crippen LogP contribution < -0.4 is 15.4 Å². The predicted molar refractivity (Wildman–Crippen MR) is 111 cm³/mol. The van der Waals surface area contributed by atoms with Gasteiger partial charge >= 0.3 is 0 Å². The summed E-state index contributed by atoms with van der Waals surface area (Å²) in [5.41, 5.74) is 0.878. The fraction of sp³-hybridized carbons (Fsp3) is 0.350. The molecule has 3 aromatic rings. The molecule has 2 heterocycles. The number of anilines is 1. The Bertz CT molecular complexity index is 891. The van der Waals surface area contributed by atoms with Crippen molar-refractivity contribution in [2.75, 3.05) is 32.2 Å². The number of hydrogen-bond acceptors (Lipinski definition) is 6. The molecule has 3 rings (SSSR count). The molecule has 9 nitrogen and oxygen atoms in total. The summed E-state index contributed by atoms with van der Waals surface area (Å²) in [6.07, 6.45) is 2.43. The average molecular weight is 398 g/mol. The van der Waals surface area contributed by atoms with Crippen LogP contribution in [0, 0.1) is 0 Å². The fourth-order valence-electron chi connectivity index (χ4n) is 2.54. The van der Waals surface area contributed by atoms with Crippen LogP contribution in [0.3, 0.4) is 0 Å². The number of nitrogens with one attached hydrogen (secondary N) is 3. The molecular weight excluding hydrogens is 372 g/mol. The molecule has 0 saturated carbocycles. The van der Waals surface area contributed by atoms with Crippen molar-refractivity contribution in [3.63, 3.8) is 0 Å². The smallest absolute Gasteiger partial charge is 0.216 e. The SMILES string of the molecule is CCNC(=NCc1nc(-c2ccco2)n[nH]1)Nc1cccc(OCCCOC)c1. The van der Waals surface area contributed by atoms with Gasteiger partial charge in [0.05, 0.1) is 12.9 Å². The quantitative estimate of drug-likeness (QED) is 0.273. The topological polar surface area (TPSA) is 110 Å². The number of benzene rings is 1. The van der Waals surface area contributed by atoms with Crippen LogP contribution in [-0.4, -0.2) is 48.0 Å². The number of aromatic amines is 1. The van der Waals surface area contributed by atoms with Crippen LogP contribution in [0.2, 0.25) is 0 Å². The third-order valence-electron chi connectivity index (χ3n) is 3.86. The van der Waals surface area contributed by atoms with Gasteiger partial charge in [0.25, 0.3) is 0 Å². The van der Waals surface area contributed by atoms with E-state index in [1.165, 1.54) is 0 Å². The summed E-state index contributed by atoms with van der Waals surface area (Å²) < 4.78 is 16.1. The lowest BCUT2D eigenvalue weighted by atomic mass is 10.3. The molecule has 0 unspecified atom stereocenters. The van der Waals surface area contributed by atoms with Gasteiger partial charge in [0, 0.05) is 38.4 Å². The van der Waals surface area contributed by atoms with Crippen molar-refractivity contribution < 1.29 is 13.9 Å². The Kier molecular flexibility index (Phi) is 7.64. The summed E-state index contributed by atoms with van der Waals surface area (Å²) >= 11 is 0. The van der Waals surface area contributed by atoms with E-state index in [1.807, 2.05) is 37.3 Å². The maximum Gasteiger partial charge on any atom is 0.216 e. The summed E-state index contributed by atoms with van der Waals surface area (Å²) in [6.45, 7) is 4.37. The number of furan rings is 1. The van der Waals surface area contributed by atoms with Crippen molar-refractivity contribution in [1.29, 1.82) is 0 Å². The van der Waals surface area contributed by atoms with Gasteiger partial charge in [0.1, 0.15) is 18.1 Å². The predicted octanol–water partition coefficient (Wildman–Crippen LogP) is 3.06. The number of guanidine groups is 1. The third-order valence-corrected chi connectivity index (χ3v) is 3.86. The second-order valence-electron chi connectivity index (χ2n) is 6.13. The van der Waals surface area contributed by atoms with E-state index >= 15 is 0 Å². The second-order valence-corrected chi connectivity index (χ2v) is 6.13. The molecule has 1 aromatic carbocycles. The molecule has 0 aliphatic rings. The molecule has 29 heavy (non-hydrogen) atoms. The lowest BCUT2D eigenvalue weighted by Gasteiger charge is -2.12. The first-order valence-electron chi connectivity index (χ1n) is 9.50. The van der Waals surface area contributed by atoms with Crippen molar-refractivity contribution in [3.8, 4) is 17.3 Å². The van der Waals surface area contributed by atoms with Crippen molar-refractivity contribution >= 4 is 11.6 Å². The largest absolute Gasteiger partial charge is 0.493 e. The van der Waals surface area contributed by atoms with Crippen molar-refractivity contribution in [2.45, 2.75) is 19.9 Å². The highest BCUT2D eigenvalue weighted by Gasteiger charge is 2.08. The highest BCUT2D eigenvalue weighted by atomic mass is 16.5. The number of methoxy groups -OCH3 is 1. The Morgan fingerprint density at radius 3 is 2.97 bits per heavy atom. The monoisotopic (exact) mass is 398 g/mol. The molecule has 0 fully saturated rings. The molecule has 9 heteroatoms. The Labute approximate surface area is 169 Å². The number of ether oxygens (including phenoxy) is 2. The molecule has 0 bridgehead atoms. The van der Waals surface area contributed by atoms with Gasteiger partial charge in [-0.25, -0.2) is 9.98 Å². The van der Waals surface area contributed by atoms with E-state index in [9.17, 15) is 0 Å². The highest BCUT2D eigenvalue weighted by molar-refractivity contribution is 5.93. The molecule has 0 aliphatic heterocycles. The summed E-state index contributed by atoms with van der Waals surface area (Å²) in [4.78, 5) is 8.96. The number of rotatable bonds is 10. The van der Waals surface area contributed by atoms with E-state index in [1.54, 1.807) is 19.4 Å². The molecular formula is C20H26N6O3. The van der Waals surface area contributed by atoms with E-state index in [0.29, 0.717) is 43.1 Å². The third kappa shape index (κ3) is 6.35. The van der Waals surface area contributed by atoms with E-state index in [2.05, 4.69) is 30.8 Å². The minimum atomic E-state index is 0.344. The molecule has 0 radical (unpaired) electrons. The van der Waals surface area contributed by atoms with Crippen LogP contribution in [0.1, 0.15) is 19.2 Å². The molecule has 0 amide bonds. The van der Waals surface area contributed by atoms with Crippen LogP contribution in [-0.2, 0) is 11.3 Å². The Morgan fingerprint density at radius 2 is 2.17 bits per heavy atom. The van der Waals surface area contributed by atoms with Gasteiger partial charge in [-0.05, 0) is 31.2 Å². The van der Waals surface area contributed by atoms with Gasteiger partial charge in [-0.1, -0.05) is 6.07 Å². The zero-order valence-electron chi connectivity index (χ0n) is 16.6. The normalized spacial score (nSPS) is 11.4. The lowest BCUT2D eigenvalue weighted by molar-refractivity contribution is 0.172. The summed E-state index contributed by atoms with van der Waals surface area (Å²) in [5, 5.41) is 13.5. The van der Waals surface area contributed by atoms with Crippen molar-refractivity contribution in [1.82, 2.24) is 20.5 Å². The molecule has 0 aliphatic carbocycles. The molecule has 0 spiro atoms. The van der Waals surface area contributed by atoms with Gasteiger partial charge in [0.2, 0.25) is 5.82 Å². The van der Waals surface area contributed by atoms with Crippen molar-refractivity contribution in [2.24, 2.45) is 4.99 Å². The number of aliphatic imine (C=N–C) groups is 1. The maximum atomic E-state index is 5.75. The summed E-state index contributed by atoms with van der Waals surface area (Å²) in [7, 11) is 1.68. The van der Waals surface area contributed by atoms with Crippen LogP contribution in [0.15, 0.2) is 52.1 Å². The van der Waals surface area contributed by atoms with Crippen LogP contribution >= 0.6 is 0 Å². The van der Waals surface area contributed by atoms with Gasteiger partial charge in [-0.15, -0.1) is 5.10 Å². The number of nitrogens with zero attached hydrogens (tertiary/aromatic N) is 3. The first-order valence-corrected chi connectivity index (χ1v) is 9.50. The molecule has 0 saturated heterocycles. The number of aromatic nitrogens is 3. The van der Waals surface area contributed by atoms with E-state index < -0.39 is 0 Å². The van der Waals surface area contributed by atoms with Crippen LogP contribution in [0.25, 0.3) is 11.6 Å². The zero-order valence-corrected chi connectivity index (χ0v) is 16.6. The number of hydrogen-bond donors (Lipinski definition) is 3. The molecule has 0 atom stereocenters. The second kappa shape index (κ2) is 10.9. The van der Waals surface area contributed by atoms with E-state index in [0.717, 1.165) is 24.4 Å². The van der Waals surface area contributed by atoms with Crippen LogP contribution in [0.5, 0.6) is 5.75 Å². The lowest BCUT2D eigenvalue weighted by Crippen LogP contribution is -2.30. The van der Waals surface area contributed by atoms with Gasteiger partial charge < -0.3 is 24.5 Å². The number of H-pyrrole nitrogens is 1. The van der Waals surface area contributed by atoms with Gasteiger partial charge in [-0.2, -0.15) is 0 Å². The molecule has 3 N–H and O–H groups in total. The van der Waals surface area contributed by atoms with Crippen LogP contribution in [0.4, 0.5) is 5.69 Å². The zero-order chi connectivity index (χ0) is 20.3. The molecule has 154 valence electrons. The first-order chi connectivity index (χ1) is 14.3. The fourth-order valence-corrected chi connectivity index (χ4v) is 2.54. The minimum Gasteiger partial charge on any atom is -0.493 e. The minimum absolute atomic E-state index is 0.344. The summed E-state index contributed by atoms with van der Waals surface area (Å²) in [5.74, 6) is 3.20. The summed E-state index contributed by atoms with van der Waals surface area (Å²) in [6, 6.07) is 11.4. The van der Waals surface area contributed by atoms with Gasteiger partial charge in [0.15, 0.2) is 11.7 Å². The Morgan fingerprint density at radius 1 is 1.24 bits per heavy atom. The van der Waals surface area contributed by atoms with E-state index in [4.69, 9.17) is 13.9 Å². The van der Waals surface area contributed by atoms with Crippen molar-refractivity contribution in [3.05, 3.63) is 48.5 Å². The average Bonchev–Trinajstić information content (AvgIpc) is 3.42. The Hall–Kier alpha value is -3.33.